The fourth-order valence-corrected chi connectivity index (χ4v) is 1.77. The number of ketones is 1. The Balaban J connectivity index is 2.77. The van der Waals surface area contributed by atoms with Crippen LogP contribution in [0.4, 0.5) is 0 Å². The molecule has 17 heavy (non-hydrogen) atoms. The van der Waals surface area contributed by atoms with Crippen molar-refractivity contribution in [2.45, 2.75) is 12.8 Å². The van der Waals surface area contributed by atoms with E-state index < -0.39 is 5.97 Å². The Labute approximate surface area is 108 Å². The lowest BCUT2D eigenvalue weighted by Gasteiger charge is -2.06. The molecule has 1 aromatic rings. The van der Waals surface area contributed by atoms with Crippen molar-refractivity contribution < 1.29 is 19.1 Å². The van der Waals surface area contributed by atoms with E-state index in [1.165, 1.54) is 14.2 Å². The van der Waals surface area contributed by atoms with Crippen molar-refractivity contribution in [1.82, 2.24) is 0 Å². The molecule has 0 bridgehead atoms. The molecule has 0 saturated carbocycles. The Morgan fingerprint density at radius 3 is 2.53 bits per heavy atom. The van der Waals surface area contributed by atoms with Gasteiger partial charge in [0.2, 0.25) is 0 Å². The van der Waals surface area contributed by atoms with E-state index in [1.807, 2.05) is 0 Å². The molecular weight excluding hydrogens is 288 g/mol. The van der Waals surface area contributed by atoms with Crippen LogP contribution < -0.4 is 4.74 Å². The van der Waals surface area contributed by atoms with E-state index >= 15 is 0 Å². The number of Topliss-reactive ketones (excluding diaryl/α,β-unsaturated/α-hetero) is 1. The van der Waals surface area contributed by atoms with Gasteiger partial charge < -0.3 is 9.47 Å². The van der Waals surface area contributed by atoms with Gasteiger partial charge in [-0.25, -0.2) is 0 Å². The molecular formula is C12H13BrO4. The lowest BCUT2D eigenvalue weighted by molar-refractivity contribution is -0.140. The molecule has 1 rings (SSSR count). The molecule has 4 nitrogen and oxygen atoms in total. The molecule has 0 spiro atoms. The summed E-state index contributed by atoms with van der Waals surface area (Å²) in [6.07, 6.45) is 0.206. The third-order valence-electron chi connectivity index (χ3n) is 2.26. The maximum absolute atomic E-state index is 11.9. The summed E-state index contributed by atoms with van der Waals surface area (Å²) in [5, 5.41) is 0. The number of carbonyl (C=O) groups is 2. The summed E-state index contributed by atoms with van der Waals surface area (Å²) in [5.74, 6) is 0.0909. The van der Waals surface area contributed by atoms with Gasteiger partial charge in [0.25, 0.3) is 0 Å². The molecule has 0 radical (unpaired) electrons. The second-order valence-electron chi connectivity index (χ2n) is 3.35. The van der Waals surface area contributed by atoms with Gasteiger partial charge in [-0.2, -0.15) is 0 Å². The number of carbonyl (C=O) groups excluding carboxylic acids is 2. The number of ether oxygens (including phenoxy) is 2. The van der Waals surface area contributed by atoms with Gasteiger partial charge in [-0.3, -0.25) is 9.59 Å². The normalized spacial score (nSPS) is 9.82. The van der Waals surface area contributed by atoms with Gasteiger partial charge in [0.15, 0.2) is 5.78 Å². The lowest BCUT2D eigenvalue weighted by Crippen LogP contribution is -2.06. The van der Waals surface area contributed by atoms with E-state index in [9.17, 15) is 9.59 Å². The zero-order valence-electron chi connectivity index (χ0n) is 9.66. The van der Waals surface area contributed by atoms with Crippen LogP contribution in [0.2, 0.25) is 0 Å². The van der Waals surface area contributed by atoms with Gasteiger partial charge in [-0.05, 0) is 18.2 Å². The molecule has 0 aliphatic carbocycles. The fourth-order valence-electron chi connectivity index (χ4n) is 1.30. The minimum atomic E-state index is -0.391. The quantitative estimate of drug-likeness (QED) is 0.619. The van der Waals surface area contributed by atoms with Crippen LogP contribution in [0.1, 0.15) is 23.2 Å². The third kappa shape index (κ3) is 3.85. The fraction of sp³-hybridized carbons (Fsp3) is 0.333. The van der Waals surface area contributed by atoms with Gasteiger partial charge in [-0.1, -0.05) is 15.9 Å². The first-order valence-electron chi connectivity index (χ1n) is 5.02. The van der Waals surface area contributed by atoms with Gasteiger partial charge in [0.1, 0.15) is 5.75 Å². The standard InChI is InChI=1S/C12H13BrO4/c1-16-8-3-4-10(13)9(7-8)11(14)5-6-12(15)17-2/h3-4,7H,5-6H2,1-2H3. The maximum atomic E-state index is 11.9. The number of methoxy groups -OCH3 is 2. The van der Waals surface area contributed by atoms with Crippen molar-refractivity contribution in [1.29, 1.82) is 0 Å². The van der Waals surface area contributed by atoms with E-state index in [1.54, 1.807) is 18.2 Å². The van der Waals surface area contributed by atoms with Crippen LogP contribution in [0, 0.1) is 0 Å². The van der Waals surface area contributed by atoms with Gasteiger partial charge in [0.05, 0.1) is 20.6 Å². The Hall–Kier alpha value is -1.36. The average molecular weight is 301 g/mol. The van der Waals surface area contributed by atoms with Crippen LogP contribution >= 0.6 is 15.9 Å². The topological polar surface area (TPSA) is 52.6 Å². The third-order valence-corrected chi connectivity index (χ3v) is 2.95. The van der Waals surface area contributed by atoms with Crippen molar-refractivity contribution in [2.24, 2.45) is 0 Å². The molecule has 0 aromatic heterocycles. The number of hydrogen-bond donors (Lipinski definition) is 0. The van der Waals surface area contributed by atoms with Crippen molar-refractivity contribution >= 4 is 27.7 Å². The highest BCUT2D eigenvalue weighted by Crippen LogP contribution is 2.24. The molecule has 0 N–H and O–H groups in total. The van der Waals surface area contributed by atoms with Crippen LogP contribution in [0.3, 0.4) is 0 Å². The zero-order valence-corrected chi connectivity index (χ0v) is 11.2. The molecule has 0 aliphatic rings. The van der Waals surface area contributed by atoms with Crippen molar-refractivity contribution in [3.05, 3.63) is 28.2 Å². The van der Waals surface area contributed by atoms with Crippen LogP contribution in [-0.4, -0.2) is 26.0 Å². The molecule has 0 amide bonds. The molecule has 0 aliphatic heterocycles. The van der Waals surface area contributed by atoms with Crippen LogP contribution in [0.25, 0.3) is 0 Å². The highest BCUT2D eigenvalue weighted by molar-refractivity contribution is 9.10. The van der Waals surface area contributed by atoms with Crippen molar-refractivity contribution in [2.75, 3.05) is 14.2 Å². The van der Waals surface area contributed by atoms with Crippen molar-refractivity contribution in [3.63, 3.8) is 0 Å². The highest BCUT2D eigenvalue weighted by Gasteiger charge is 2.13. The Morgan fingerprint density at radius 1 is 1.24 bits per heavy atom. The van der Waals surface area contributed by atoms with E-state index in [0.29, 0.717) is 15.8 Å². The van der Waals surface area contributed by atoms with E-state index in [2.05, 4.69) is 20.7 Å². The Bertz CT molecular complexity index is 429. The summed E-state index contributed by atoms with van der Waals surface area (Å²) in [6.45, 7) is 0. The predicted octanol–water partition coefficient (Wildman–Crippen LogP) is 2.59. The smallest absolute Gasteiger partial charge is 0.305 e. The van der Waals surface area contributed by atoms with Crippen molar-refractivity contribution in [3.8, 4) is 5.75 Å². The molecule has 5 heteroatoms. The van der Waals surface area contributed by atoms with Gasteiger partial charge in [-0.15, -0.1) is 0 Å². The summed E-state index contributed by atoms with van der Waals surface area (Å²) in [6, 6.07) is 5.13. The maximum Gasteiger partial charge on any atom is 0.305 e. The largest absolute Gasteiger partial charge is 0.497 e. The second-order valence-corrected chi connectivity index (χ2v) is 4.20. The summed E-state index contributed by atoms with van der Waals surface area (Å²) in [4.78, 5) is 22.8. The molecule has 0 atom stereocenters. The molecule has 1 aromatic carbocycles. The predicted molar refractivity (Wildman–Crippen MR) is 66.3 cm³/mol. The molecule has 0 heterocycles. The Kier molecular flexibility index (Phi) is 5.15. The summed E-state index contributed by atoms with van der Waals surface area (Å²) < 4.78 is 10.2. The molecule has 0 fully saturated rings. The zero-order chi connectivity index (χ0) is 12.8. The first-order chi connectivity index (χ1) is 8.08. The molecule has 0 unspecified atom stereocenters. The average Bonchev–Trinajstić information content (AvgIpc) is 2.36. The molecule has 0 saturated heterocycles. The number of hydrogen-bond acceptors (Lipinski definition) is 4. The lowest BCUT2D eigenvalue weighted by atomic mass is 10.1. The second kappa shape index (κ2) is 6.39. The van der Waals surface area contributed by atoms with E-state index in [0.717, 1.165) is 0 Å². The number of esters is 1. The highest BCUT2D eigenvalue weighted by atomic mass is 79.9. The molecule has 92 valence electrons. The Morgan fingerprint density at radius 2 is 1.94 bits per heavy atom. The van der Waals surface area contributed by atoms with E-state index in [4.69, 9.17) is 4.74 Å². The monoisotopic (exact) mass is 300 g/mol. The number of halogens is 1. The number of rotatable bonds is 5. The first kappa shape index (κ1) is 13.7. The minimum absolute atomic E-state index is 0.0823. The van der Waals surface area contributed by atoms with Crippen LogP contribution in [0.5, 0.6) is 5.75 Å². The summed E-state index contributed by atoms with van der Waals surface area (Å²) >= 11 is 3.29. The minimum Gasteiger partial charge on any atom is -0.497 e. The van der Waals surface area contributed by atoms with E-state index in [-0.39, 0.29) is 18.6 Å². The van der Waals surface area contributed by atoms with Gasteiger partial charge in [0, 0.05) is 16.5 Å². The van der Waals surface area contributed by atoms with Crippen LogP contribution in [-0.2, 0) is 9.53 Å². The summed E-state index contributed by atoms with van der Waals surface area (Å²) in [5.41, 5.74) is 0.508. The van der Waals surface area contributed by atoms with Gasteiger partial charge >= 0.3 is 5.97 Å². The number of benzene rings is 1. The first-order valence-corrected chi connectivity index (χ1v) is 5.81. The SMILES string of the molecule is COC(=O)CCC(=O)c1cc(OC)ccc1Br. The summed E-state index contributed by atoms with van der Waals surface area (Å²) in [7, 11) is 2.83. The van der Waals surface area contributed by atoms with Crippen LogP contribution in [0.15, 0.2) is 22.7 Å².